The molecule has 2 aliphatic heterocycles. The quantitative estimate of drug-likeness (QED) is 0.665. The van der Waals surface area contributed by atoms with Crippen molar-refractivity contribution in [2.24, 2.45) is 5.92 Å². The Hall–Kier alpha value is -2.58. The van der Waals surface area contributed by atoms with Gasteiger partial charge in [0.05, 0.1) is 27.2 Å². The molecule has 2 aromatic rings. The number of hydrogen-bond donors (Lipinski definition) is 3. The molecule has 0 unspecified atom stereocenters. The molecule has 2 atom stereocenters. The van der Waals surface area contributed by atoms with Crippen molar-refractivity contribution >= 4 is 52.5 Å². The van der Waals surface area contributed by atoms with E-state index in [-0.39, 0.29) is 33.8 Å². The summed E-state index contributed by atoms with van der Waals surface area (Å²) in [6.45, 7) is 3.69. The molecule has 0 spiro atoms. The molecule has 2 amide bonds. The molecule has 1 aromatic heterocycles. The van der Waals surface area contributed by atoms with Gasteiger partial charge in [-0.05, 0) is 30.9 Å². The molecule has 10 heteroatoms. The first kappa shape index (κ1) is 20.7. The number of carbonyl (C=O) groups excluding carboxylic acids is 2. The summed E-state index contributed by atoms with van der Waals surface area (Å²) in [5.74, 6) is -0.882. The highest BCUT2D eigenvalue weighted by atomic mass is 35.5. The van der Waals surface area contributed by atoms with Gasteiger partial charge < -0.3 is 15.5 Å². The Labute approximate surface area is 183 Å². The molecule has 158 valence electrons. The maximum absolute atomic E-state index is 12.9. The number of halogens is 2. The van der Waals surface area contributed by atoms with Crippen molar-refractivity contribution in [2.45, 2.75) is 32.1 Å². The molecule has 0 bridgehead atoms. The van der Waals surface area contributed by atoms with Crippen LogP contribution in [0.15, 0.2) is 23.0 Å². The largest absolute Gasteiger partial charge is 0.342 e. The molecular weight excluding hydrogens is 429 g/mol. The Morgan fingerprint density at radius 1 is 1.30 bits per heavy atom. The number of fused-ring (bicyclic) bond motifs is 1. The molecule has 0 aliphatic carbocycles. The van der Waals surface area contributed by atoms with E-state index in [4.69, 9.17) is 23.2 Å². The zero-order valence-electron chi connectivity index (χ0n) is 16.3. The summed E-state index contributed by atoms with van der Waals surface area (Å²) in [7, 11) is 0. The molecular formula is C20H21Cl2N5O3. The van der Waals surface area contributed by atoms with Gasteiger partial charge in [-0.1, -0.05) is 36.2 Å². The maximum Gasteiger partial charge on any atom is 0.258 e. The molecule has 30 heavy (non-hydrogen) atoms. The summed E-state index contributed by atoms with van der Waals surface area (Å²) >= 11 is 12.1. The lowest BCUT2D eigenvalue weighted by Crippen LogP contribution is -2.40. The number of nitrogens with zero attached hydrogens (tertiary/aromatic N) is 2. The Bertz CT molecular complexity index is 1070. The highest BCUT2D eigenvalue weighted by Gasteiger charge is 2.35. The third-order valence-electron chi connectivity index (χ3n) is 5.42. The Morgan fingerprint density at radius 2 is 2.10 bits per heavy atom. The highest BCUT2D eigenvalue weighted by Crippen LogP contribution is 2.33. The number of H-pyrrole nitrogens is 1. The minimum atomic E-state index is -0.991. The van der Waals surface area contributed by atoms with Crippen LogP contribution < -0.4 is 21.1 Å². The number of anilines is 3. The minimum absolute atomic E-state index is 0.126. The van der Waals surface area contributed by atoms with Crippen molar-refractivity contribution in [3.05, 3.63) is 44.2 Å². The van der Waals surface area contributed by atoms with E-state index in [1.165, 1.54) is 0 Å². The Kier molecular flexibility index (Phi) is 5.71. The molecule has 4 rings (SSSR count). The van der Waals surface area contributed by atoms with E-state index < -0.39 is 17.4 Å². The Balaban J connectivity index is 1.66. The third-order valence-corrected chi connectivity index (χ3v) is 6.24. The van der Waals surface area contributed by atoms with E-state index in [2.05, 4.69) is 27.5 Å². The van der Waals surface area contributed by atoms with Crippen LogP contribution in [-0.2, 0) is 9.59 Å². The number of rotatable bonds is 3. The van der Waals surface area contributed by atoms with Crippen molar-refractivity contribution in [1.82, 2.24) is 9.97 Å². The molecule has 1 aromatic carbocycles. The second-order valence-electron chi connectivity index (χ2n) is 7.74. The monoisotopic (exact) mass is 449 g/mol. The van der Waals surface area contributed by atoms with Gasteiger partial charge in [0.2, 0.25) is 17.8 Å². The van der Waals surface area contributed by atoms with Gasteiger partial charge in [-0.3, -0.25) is 19.4 Å². The van der Waals surface area contributed by atoms with Gasteiger partial charge in [-0.25, -0.2) is 0 Å². The van der Waals surface area contributed by atoms with E-state index in [1.54, 1.807) is 18.2 Å². The number of nitrogens with one attached hydrogen (secondary N) is 3. The first-order chi connectivity index (χ1) is 14.3. The van der Waals surface area contributed by atoms with Gasteiger partial charge in [0.25, 0.3) is 5.56 Å². The first-order valence-corrected chi connectivity index (χ1v) is 10.5. The lowest BCUT2D eigenvalue weighted by Gasteiger charge is -2.32. The molecule has 0 saturated carbocycles. The van der Waals surface area contributed by atoms with Crippen LogP contribution in [0.3, 0.4) is 0 Å². The fourth-order valence-corrected chi connectivity index (χ4v) is 4.28. The average Bonchev–Trinajstić information content (AvgIpc) is 2.70. The molecule has 2 aliphatic rings. The SMILES string of the molecule is C[C@H]1CCCN(c2nc3c(c(=O)[nH]2)[C@H](C(=O)Nc2cccc(Cl)c2Cl)CC(=O)N3)C1. The second-order valence-corrected chi connectivity index (χ2v) is 8.53. The highest BCUT2D eigenvalue weighted by molar-refractivity contribution is 6.44. The van der Waals surface area contributed by atoms with E-state index in [0.29, 0.717) is 17.6 Å². The number of aromatic nitrogens is 2. The van der Waals surface area contributed by atoms with Crippen molar-refractivity contribution < 1.29 is 9.59 Å². The summed E-state index contributed by atoms with van der Waals surface area (Å²) in [5, 5.41) is 5.78. The first-order valence-electron chi connectivity index (χ1n) is 9.77. The van der Waals surface area contributed by atoms with Crippen molar-refractivity contribution in [2.75, 3.05) is 28.6 Å². The van der Waals surface area contributed by atoms with E-state index >= 15 is 0 Å². The standard InChI is InChI=1S/C20H21Cl2N5O3/c1-10-4-3-7-27(9-10)20-25-17-15(19(30)26-20)11(8-14(28)24-17)18(29)23-13-6-2-5-12(21)16(13)22/h2,5-6,10-11H,3-4,7-9H2,1H3,(H,23,29)(H2,24,25,26,28,30)/t10-,11+/m0/s1. The number of amides is 2. The normalized spacial score (nSPS) is 21.0. The van der Waals surface area contributed by atoms with E-state index in [9.17, 15) is 14.4 Å². The fourth-order valence-electron chi connectivity index (χ4n) is 3.94. The number of piperidine rings is 1. The average molecular weight is 450 g/mol. The van der Waals surface area contributed by atoms with Gasteiger partial charge >= 0.3 is 0 Å². The summed E-state index contributed by atoms with van der Waals surface area (Å²) in [6, 6.07) is 4.84. The second kappa shape index (κ2) is 8.28. The van der Waals surface area contributed by atoms with Gasteiger partial charge in [0.1, 0.15) is 5.82 Å². The van der Waals surface area contributed by atoms with Crippen LogP contribution in [-0.4, -0.2) is 34.9 Å². The van der Waals surface area contributed by atoms with Crippen molar-refractivity contribution in [3.8, 4) is 0 Å². The number of hydrogen-bond acceptors (Lipinski definition) is 5. The maximum atomic E-state index is 12.9. The summed E-state index contributed by atoms with van der Waals surface area (Å²) in [6.07, 6.45) is 1.96. The molecule has 1 saturated heterocycles. The minimum Gasteiger partial charge on any atom is -0.342 e. The van der Waals surface area contributed by atoms with Gasteiger partial charge in [0.15, 0.2) is 0 Å². The van der Waals surface area contributed by atoms with Gasteiger partial charge in [-0.2, -0.15) is 4.98 Å². The Morgan fingerprint density at radius 3 is 2.87 bits per heavy atom. The van der Waals surface area contributed by atoms with Crippen LogP contribution in [0.4, 0.5) is 17.5 Å². The van der Waals surface area contributed by atoms with Crippen molar-refractivity contribution in [3.63, 3.8) is 0 Å². The number of carbonyl (C=O) groups is 2. The predicted octanol–water partition coefficient (Wildman–Crippen LogP) is 3.38. The lowest BCUT2D eigenvalue weighted by molar-refractivity contribution is -0.123. The van der Waals surface area contributed by atoms with Gasteiger partial charge in [-0.15, -0.1) is 0 Å². The zero-order chi connectivity index (χ0) is 21.4. The van der Waals surface area contributed by atoms with Crippen LogP contribution in [0, 0.1) is 5.92 Å². The van der Waals surface area contributed by atoms with Crippen LogP contribution in [0.25, 0.3) is 0 Å². The van der Waals surface area contributed by atoms with Gasteiger partial charge in [0, 0.05) is 19.5 Å². The molecule has 8 nitrogen and oxygen atoms in total. The van der Waals surface area contributed by atoms with Crippen LogP contribution in [0.5, 0.6) is 0 Å². The topological polar surface area (TPSA) is 107 Å². The van der Waals surface area contributed by atoms with E-state index in [0.717, 1.165) is 25.9 Å². The predicted molar refractivity (Wildman–Crippen MR) is 117 cm³/mol. The van der Waals surface area contributed by atoms with Crippen LogP contribution in [0.2, 0.25) is 10.0 Å². The van der Waals surface area contributed by atoms with Crippen LogP contribution >= 0.6 is 23.2 Å². The lowest BCUT2D eigenvalue weighted by atomic mass is 9.92. The van der Waals surface area contributed by atoms with Crippen molar-refractivity contribution in [1.29, 1.82) is 0 Å². The molecule has 0 radical (unpaired) electrons. The molecule has 1 fully saturated rings. The van der Waals surface area contributed by atoms with Crippen LogP contribution in [0.1, 0.15) is 37.7 Å². The third kappa shape index (κ3) is 4.02. The fraction of sp³-hybridized carbons (Fsp3) is 0.400. The summed E-state index contributed by atoms with van der Waals surface area (Å²) in [4.78, 5) is 47.4. The molecule has 3 heterocycles. The smallest absolute Gasteiger partial charge is 0.258 e. The van der Waals surface area contributed by atoms with E-state index in [1.807, 2.05) is 4.90 Å². The number of aromatic amines is 1. The summed E-state index contributed by atoms with van der Waals surface area (Å²) in [5.41, 5.74) is 0.00892. The number of benzene rings is 1. The zero-order valence-corrected chi connectivity index (χ0v) is 17.8. The molecule has 3 N–H and O–H groups in total. The summed E-state index contributed by atoms with van der Waals surface area (Å²) < 4.78 is 0.